The molecular formula is C14H17N5O2. The van der Waals surface area contributed by atoms with Gasteiger partial charge in [0, 0.05) is 31.7 Å². The van der Waals surface area contributed by atoms with Gasteiger partial charge in [0.15, 0.2) is 5.82 Å². The maximum atomic E-state index is 11.9. The van der Waals surface area contributed by atoms with E-state index in [9.17, 15) is 4.79 Å². The number of nitrogens with zero attached hydrogens (tertiary/aromatic N) is 4. The summed E-state index contributed by atoms with van der Waals surface area (Å²) in [4.78, 5) is 22.5. The minimum atomic E-state index is -0.419. The van der Waals surface area contributed by atoms with Crippen molar-refractivity contribution in [2.75, 3.05) is 23.8 Å². The van der Waals surface area contributed by atoms with Crippen LogP contribution in [0.25, 0.3) is 0 Å². The number of anilines is 2. The fraction of sp³-hybridized carbons (Fsp3) is 0.357. The van der Waals surface area contributed by atoms with E-state index in [-0.39, 0.29) is 0 Å². The quantitative estimate of drug-likeness (QED) is 0.849. The highest BCUT2D eigenvalue weighted by Gasteiger charge is 2.22. The largest absolute Gasteiger partial charge is 0.462 e. The van der Waals surface area contributed by atoms with Crippen LogP contribution in [0.1, 0.15) is 23.1 Å². The molecule has 7 nitrogen and oxygen atoms in total. The van der Waals surface area contributed by atoms with Crippen molar-refractivity contribution in [1.82, 2.24) is 14.5 Å². The molecular weight excluding hydrogens is 270 g/mol. The Morgan fingerprint density at radius 1 is 1.38 bits per heavy atom. The Kier molecular flexibility index (Phi) is 3.47. The second-order valence-electron chi connectivity index (χ2n) is 4.77. The smallest absolute Gasteiger partial charge is 0.340 e. The zero-order valence-electron chi connectivity index (χ0n) is 11.8. The fourth-order valence-electron chi connectivity index (χ4n) is 2.46. The average molecular weight is 287 g/mol. The maximum Gasteiger partial charge on any atom is 0.340 e. The lowest BCUT2D eigenvalue weighted by Gasteiger charge is -2.29. The van der Waals surface area contributed by atoms with Crippen LogP contribution in [0.15, 0.2) is 24.7 Å². The summed E-state index contributed by atoms with van der Waals surface area (Å²) < 4.78 is 7.11. The third-order valence-corrected chi connectivity index (χ3v) is 3.51. The summed E-state index contributed by atoms with van der Waals surface area (Å²) in [5, 5.41) is 0. The molecule has 0 bridgehead atoms. The second kappa shape index (κ2) is 5.43. The van der Waals surface area contributed by atoms with Crippen molar-refractivity contribution in [1.29, 1.82) is 0 Å². The van der Waals surface area contributed by atoms with E-state index in [1.807, 2.05) is 11.1 Å². The van der Waals surface area contributed by atoms with Gasteiger partial charge >= 0.3 is 5.97 Å². The normalized spacial score (nSPS) is 13.9. The van der Waals surface area contributed by atoms with E-state index in [1.54, 1.807) is 25.4 Å². The number of fused-ring (bicyclic) bond motifs is 1. The number of nitrogens with two attached hydrogens (primary N) is 1. The molecule has 3 rings (SSSR count). The topological polar surface area (TPSA) is 86.3 Å². The van der Waals surface area contributed by atoms with Crippen molar-refractivity contribution < 1.29 is 9.53 Å². The van der Waals surface area contributed by atoms with Gasteiger partial charge in [-0.1, -0.05) is 0 Å². The van der Waals surface area contributed by atoms with E-state index in [0.717, 1.165) is 18.9 Å². The van der Waals surface area contributed by atoms with Crippen LogP contribution in [0.2, 0.25) is 0 Å². The highest BCUT2D eigenvalue weighted by atomic mass is 16.5. The van der Waals surface area contributed by atoms with Gasteiger partial charge in [0.05, 0.1) is 24.4 Å². The Hall–Kier alpha value is -2.57. The Bertz CT molecular complexity index is 667. The molecule has 0 radical (unpaired) electrons. The molecule has 0 atom stereocenters. The zero-order chi connectivity index (χ0) is 14.8. The number of ether oxygens (including phenoxy) is 1. The lowest BCUT2D eigenvalue weighted by molar-refractivity contribution is 0.0527. The first-order chi connectivity index (χ1) is 10.2. The number of carbonyl (C=O) groups excluding carboxylic acids is 1. The third-order valence-electron chi connectivity index (χ3n) is 3.51. The number of pyridine rings is 1. The van der Waals surface area contributed by atoms with Gasteiger partial charge in [-0.05, 0) is 13.0 Å². The van der Waals surface area contributed by atoms with E-state index < -0.39 is 5.97 Å². The third kappa shape index (κ3) is 2.42. The zero-order valence-corrected chi connectivity index (χ0v) is 11.8. The molecule has 0 amide bonds. The first-order valence-corrected chi connectivity index (χ1v) is 6.87. The molecule has 2 aromatic rings. The summed E-state index contributed by atoms with van der Waals surface area (Å²) in [6, 6.07) is 1.59. The van der Waals surface area contributed by atoms with Gasteiger partial charge in [0.1, 0.15) is 5.82 Å². The molecule has 0 aromatic carbocycles. The number of imidazole rings is 1. The summed E-state index contributed by atoms with van der Waals surface area (Å²) >= 11 is 0. The Labute approximate surface area is 122 Å². The van der Waals surface area contributed by atoms with Crippen LogP contribution in [0.5, 0.6) is 0 Å². The molecule has 7 heteroatoms. The van der Waals surface area contributed by atoms with Crippen molar-refractivity contribution in [3.63, 3.8) is 0 Å². The van der Waals surface area contributed by atoms with Crippen LogP contribution >= 0.6 is 0 Å². The molecule has 3 heterocycles. The monoisotopic (exact) mass is 287 g/mol. The maximum absolute atomic E-state index is 11.9. The molecule has 2 N–H and O–H groups in total. The molecule has 0 spiro atoms. The number of esters is 1. The van der Waals surface area contributed by atoms with E-state index in [0.29, 0.717) is 30.2 Å². The molecule has 21 heavy (non-hydrogen) atoms. The van der Waals surface area contributed by atoms with E-state index >= 15 is 0 Å². The van der Waals surface area contributed by atoms with Gasteiger partial charge in [0.2, 0.25) is 0 Å². The van der Waals surface area contributed by atoms with Crippen molar-refractivity contribution in [2.45, 2.75) is 20.0 Å². The van der Waals surface area contributed by atoms with Gasteiger partial charge in [-0.25, -0.2) is 14.8 Å². The fourth-order valence-corrected chi connectivity index (χ4v) is 2.46. The first kappa shape index (κ1) is 13.4. The van der Waals surface area contributed by atoms with Crippen molar-refractivity contribution >= 4 is 17.5 Å². The summed E-state index contributed by atoms with van der Waals surface area (Å²) in [5.74, 6) is 1.15. The summed E-state index contributed by atoms with van der Waals surface area (Å²) in [6.07, 6.45) is 5.32. The van der Waals surface area contributed by atoms with Gasteiger partial charge in [-0.3, -0.25) is 0 Å². The molecule has 0 saturated carbocycles. The second-order valence-corrected chi connectivity index (χ2v) is 4.77. The predicted molar refractivity (Wildman–Crippen MR) is 77.9 cm³/mol. The number of carbonyl (C=O) groups is 1. The van der Waals surface area contributed by atoms with Crippen molar-refractivity contribution in [3.8, 4) is 0 Å². The van der Waals surface area contributed by atoms with Crippen LogP contribution in [0.4, 0.5) is 11.5 Å². The molecule has 1 aliphatic heterocycles. The molecule has 110 valence electrons. The molecule has 0 saturated heterocycles. The number of nitrogen functional groups attached to an aromatic ring is 1. The first-order valence-electron chi connectivity index (χ1n) is 6.87. The van der Waals surface area contributed by atoms with Crippen LogP contribution in [0, 0.1) is 0 Å². The summed E-state index contributed by atoms with van der Waals surface area (Å²) in [6.45, 7) is 4.29. The van der Waals surface area contributed by atoms with Crippen LogP contribution in [-0.2, 0) is 17.8 Å². The molecule has 0 aliphatic carbocycles. The van der Waals surface area contributed by atoms with E-state index in [4.69, 9.17) is 10.5 Å². The minimum absolute atomic E-state index is 0.317. The van der Waals surface area contributed by atoms with Gasteiger partial charge in [0.25, 0.3) is 0 Å². The van der Waals surface area contributed by atoms with Crippen molar-refractivity contribution in [3.05, 3.63) is 36.0 Å². The summed E-state index contributed by atoms with van der Waals surface area (Å²) in [7, 11) is 0. The standard InChI is InChI=1S/C14H17N5O2/c1-2-21-14(20)10-3-4-17-13(12(10)15)19-8-7-18-6-5-16-11(18)9-19/h3-6H,2,7-9,15H2,1H3. The highest BCUT2D eigenvalue weighted by Crippen LogP contribution is 2.27. The Morgan fingerprint density at radius 2 is 2.24 bits per heavy atom. The van der Waals surface area contributed by atoms with Gasteiger partial charge in [-0.15, -0.1) is 0 Å². The number of aromatic nitrogens is 3. The van der Waals surface area contributed by atoms with E-state index in [1.165, 1.54) is 0 Å². The SMILES string of the molecule is CCOC(=O)c1ccnc(N2CCn3ccnc3C2)c1N. The van der Waals surface area contributed by atoms with Crippen LogP contribution in [-0.4, -0.2) is 33.7 Å². The Balaban J connectivity index is 1.90. The lowest BCUT2D eigenvalue weighted by Crippen LogP contribution is -2.35. The molecule has 0 fully saturated rings. The van der Waals surface area contributed by atoms with E-state index in [2.05, 4.69) is 14.5 Å². The van der Waals surface area contributed by atoms with Gasteiger partial charge < -0.3 is 19.9 Å². The molecule has 0 unspecified atom stereocenters. The van der Waals surface area contributed by atoms with Crippen LogP contribution < -0.4 is 10.6 Å². The minimum Gasteiger partial charge on any atom is -0.462 e. The highest BCUT2D eigenvalue weighted by molar-refractivity contribution is 5.97. The molecule has 1 aliphatic rings. The van der Waals surface area contributed by atoms with Gasteiger partial charge in [-0.2, -0.15) is 0 Å². The van der Waals surface area contributed by atoms with Crippen LogP contribution in [0.3, 0.4) is 0 Å². The average Bonchev–Trinajstić information content (AvgIpc) is 2.95. The molecule has 2 aromatic heterocycles. The predicted octanol–water partition coefficient (Wildman–Crippen LogP) is 1.06. The number of hydrogen-bond donors (Lipinski definition) is 1. The number of hydrogen-bond acceptors (Lipinski definition) is 6. The lowest BCUT2D eigenvalue weighted by atomic mass is 10.2. The number of rotatable bonds is 3. The summed E-state index contributed by atoms with van der Waals surface area (Å²) in [5.41, 5.74) is 6.82. The van der Waals surface area contributed by atoms with Crippen molar-refractivity contribution in [2.24, 2.45) is 0 Å². The Morgan fingerprint density at radius 3 is 3.05 bits per heavy atom.